The smallest absolute Gasteiger partial charge is 0.320 e. The monoisotopic (exact) mass is 395 g/mol. The zero-order valence-corrected chi connectivity index (χ0v) is 16.4. The molecule has 6 heteroatoms. The maximum absolute atomic E-state index is 13.2. The Morgan fingerprint density at radius 3 is 2.38 bits per heavy atom. The number of benzene rings is 2. The minimum atomic E-state index is -0.275. The number of halogens is 1. The fraction of sp³-hybridized carbons (Fsp3) is 0.391. The van der Waals surface area contributed by atoms with Crippen molar-refractivity contribution in [2.24, 2.45) is 5.92 Å². The van der Waals surface area contributed by atoms with E-state index in [2.05, 4.69) is 5.32 Å². The molecule has 1 atom stereocenters. The third-order valence-electron chi connectivity index (χ3n) is 5.75. The average molecular weight is 395 g/mol. The largest absolute Gasteiger partial charge is 0.326 e. The van der Waals surface area contributed by atoms with E-state index in [4.69, 9.17) is 0 Å². The first kappa shape index (κ1) is 19.4. The van der Waals surface area contributed by atoms with Gasteiger partial charge in [-0.3, -0.25) is 4.79 Å². The maximum atomic E-state index is 13.2. The van der Waals surface area contributed by atoms with Crippen molar-refractivity contribution in [2.45, 2.75) is 25.7 Å². The van der Waals surface area contributed by atoms with Crippen molar-refractivity contribution in [3.63, 3.8) is 0 Å². The van der Waals surface area contributed by atoms with Crippen LogP contribution >= 0.6 is 0 Å². The highest BCUT2D eigenvalue weighted by Gasteiger charge is 2.31. The highest BCUT2D eigenvalue weighted by atomic mass is 19.1. The van der Waals surface area contributed by atoms with E-state index in [0.717, 1.165) is 56.4 Å². The summed E-state index contributed by atoms with van der Waals surface area (Å²) in [5.41, 5.74) is 2.51. The van der Waals surface area contributed by atoms with Gasteiger partial charge in [0.05, 0.1) is 5.92 Å². The molecule has 2 heterocycles. The molecule has 0 aromatic heterocycles. The predicted octanol–water partition coefficient (Wildman–Crippen LogP) is 4.36. The van der Waals surface area contributed by atoms with Gasteiger partial charge in [0.25, 0.3) is 0 Å². The molecule has 0 unspecified atom stereocenters. The van der Waals surface area contributed by atoms with Gasteiger partial charge in [-0.15, -0.1) is 0 Å². The molecular formula is C23H26FN3O2. The third-order valence-corrected chi connectivity index (χ3v) is 5.75. The van der Waals surface area contributed by atoms with E-state index in [0.29, 0.717) is 12.2 Å². The fourth-order valence-electron chi connectivity index (χ4n) is 4.14. The molecule has 0 aliphatic carbocycles. The van der Waals surface area contributed by atoms with Crippen molar-refractivity contribution in [1.82, 2.24) is 9.80 Å². The van der Waals surface area contributed by atoms with E-state index < -0.39 is 0 Å². The van der Waals surface area contributed by atoms with Gasteiger partial charge in [0.1, 0.15) is 5.82 Å². The van der Waals surface area contributed by atoms with Crippen molar-refractivity contribution in [3.8, 4) is 11.1 Å². The predicted molar refractivity (Wildman–Crippen MR) is 111 cm³/mol. The number of hydrogen-bond acceptors (Lipinski definition) is 2. The zero-order chi connectivity index (χ0) is 20.2. The zero-order valence-electron chi connectivity index (χ0n) is 16.4. The summed E-state index contributed by atoms with van der Waals surface area (Å²) in [6.07, 6.45) is 3.75. The van der Waals surface area contributed by atoms with Crippen LogP contribution in [0.3, 0.4) is 0 Å². The molecule has 0 saturated carbocycles. The van der Waals surface area contributed by atoms with E-state index >= 15 is 0 Å². The van der Waals surface area contributed by atoms with Gasteiger partial charge in [0.15, 0.2) is 0 Å². The van der Waals surface area contributed by atoms with E-state index in [9.17, 15) is 14.0 Å². The van der Waals surface area contributed by atoms with Crippen molar-refractivity contribution in [1.29, 1.82) is 0 Å². The molecule has 2 aliphatic rings. The van der Waals surface area contributed by atoms with E-state index in [1.807, 2.05) is 34.1 Å². The molecule has 5 nitrogen and oxygen atoms in total. The summed E-state index contributed by atoms with van der Waals surface area (Å²) in [7, 11) is 0. The van der Waals surface area contributed by atoms with Gasteiger partial charge >= 0.3 is 6.03 Å². The molecule has 2 aromatic rings. The first-order chi connectivity index (χ1) is 14.1. The number of amides is 3. The maximum Gasteiger partial charge on any atom is 0.320 e. The third kappa shape index (κ3) is 4.58. The number of urea groups is 1. The van der Waals surface area contributed by atoms with E-state index in [1.165, 1.54) is 12.1 Å². The first-order valence-corrected chi connectivity index (χ1v) is 10.3. The van der Waals surface area contributed by atoms with Crippen LogP contribution in [-0.4, -0.2) is 47.9 Å². The number of piperidine rings is 1. The summed E-state index contributed by atoms with van der Waals surface area (Å²) >= 11 is 0. The van der Waals surface area contributed by atoms with Crippen LogP contribution < -0.4 is 5.32 Å². The molecule has 0 spiro atoms. The van der Waals surface area contributed by atoms with Gasteiger partial charge in [-0.25, -0.2) is 9.18 Å². The molecule has 3 amide bonds. The fourth-order valence-corrected chi connectivity index (χ4v) is 4.14. The van der Waals surface area contributed by atoms with Crippen LogP contribution in [0.1, 0.15) is 25.7 Å². The Balaban J connectivity index is 1.40. The van der Waals surface area contributed by atoms with Gasteiger partial charge in [-0.1, -0.05) is 24.3 Å². The molecule has 152 valence electrons. The molecule has 1 N–H and O–H groups in total. The van der Waals surface area contributed by atoms with Crippen LogP contribution in [0.25, 0.3) is 11.1 Å². The van der Waals surface area contributed by atoms with Crippen molar-refractivity contribution in [3.05, 3.63) is 54.3 Å². The van der Waals surface area contributed by atoms with Gasteiger partial charge in [0.2, 0.25) is 5.91 Å². The highest BCUT2D eigenvalue weighted by Crippen LogP contribution is 2.25. The molecular weight excluding hydrogens is 369 g/mol. The Bertz CT molecular complexity index is 878. The van der Waals surface area contributed by atoms with Crippen LogP contribution in [-0.2, 0) is 4.79 Å². The first-order valence-electron chi connectivity index (χ1n) is 10.3. The minimum Gasteiger partial charge on any atom is -0.326 e. The molecule has 0 bridgehead atoms. The van der Waals surface area contributed by atoms with Gasteiger partial charge in [-0.05, 0) is 61.1 Å². The Hall–Kier alpha value is -2.89. The number of carbonyl (C=O) groups is 2. The van der Waals surface area contributed by atoms with Gasteiger partial charge in [-0.2, -0.15) is 0 Å². The van der Waals surface area contributed by atoms with Crippen LogP contribution in [0, 0.1) is 11.7 Å². The average Bonchev–Trinajstić information content (AvgIpc) is 3.29. The number of likely N-dealkylation sites (tertiary alicyclic amines) is 2. The molecule has 2 fully saturated rings. The summed E-state index contributed by atoms with van der Waals surface area (Å²) < 4.78 is 13.2. The SMILES string of the molecule is O=C(Nc1cccc(-c2ccc(F)cc2)c1)[C@@H]1CCCN(C(=O)N2CCCC2)C1. The van der Waals surface area contributed by atoms with Crippen LogP contribution in [0.5, 0.6) is 0 Å². The quantitative estimate of drug-likeness (QED) is 0.840. The highest BCUT2D eigenvalue weighted by molar-refractivity contribution is 5.93. The summed E-state index contributed by atoms with van der Waals surface area (Å²) in [5.74, 6) is -0.534. The molecule has 0 radical (unpaired) electrons. The second-order valence-corrected chi connectivity index (χ2v) is 7.84. The molecule has 2 aliphatic heterocycles. The lowest BCUT2D eigenvalue weighted by Gasteiger charge is -2.34. The van der Waals surface area contributed by atoms with Crippen LogP contribution in [0.2, 0.25) is 0 Å². The van der Waals surface area contributed by atoms with Gasteiger partial charge in [0, 0.05) is 31.9 Å². The van der Waals surface area contributed by atoms with Crippen LogP contribution in [0.15, 0.2) is 48.5 Å². The Labute approximate surface area is 170 Å². The summed E-state index contributed by atoms with van der Waals surface area (Å²) in [4.78, 5) is 29.2. The summed E-state index contributed by atoms with van der Waals surface area (Å²) in [5, 5.41) is 3.00. The molecule has 2 aromatic carbocycles. The number of hydrogen-bond donors (Lipinski definition) is 1. The van der Waals surface area contributed by atoms with Crippen LogP contribution in [0.4, 0.5) is 14.9 Å². The summed E-state index contributed by atoms with van der Waals surface area (Å²) in [6.45, 7) is 2.84. The Kier molecular flexibility index (Phi) is 5.79. The van der Waals surface area contributed by atoms with E-state index in [1.54, 1.807) is 12.1 Å². The summed E-state index contributed by atoms with van der Waals surface area (Å²) in [6, 6.07) is 13.9. The van der Waals surface area contributed by atoms with Gasteiger partial charge < -0.3 is 15.1 Å². The lowest BCUT2D eigenvalue weighted by Crippen LogP contribution is -2.48. The van der Waals surface area contributed by atoms with Crippen molar-refractivity contribution < 1.29 is 14.0 Å². The lowest BCUT2D eigenvalue weighted by atomic mass is 9.97. The molecule has 4 rings (SSSR count). The number of rotatable bonds is 3. The minimum absolute atomic E-state index is 0.0554. The number of anilines is 1. The van der Waals surface area contributed by atoms with Crippen molar-refractivity contribution in [2.75, 3.05) is 31.5 Å². The Morgan fingerprint density at radius 1 is 0.897 bits per heavy atom. The van der Waals surface area contributed by atoms with Crippen molar-refractivity contribution >= 4 is 17.6 Å². The molecule has 2 saturated heterocycles. The second kappa shape index (κ2) is 8.64. The van der Waals surface area contributed by atoms with E-state index in [-0.39, 0.29) is 23.7 Å². The normalized spacial score (nSPS) is 19.3. The lowest BCUT2D eigenvalue weighted by molar-refractivity contribution is -0.121. The molecule has 29 heavy (non-hydrogen) atoms. The Morgan fingerprint density at radius 2 is 1.62 bits per heavy atom. The number of nitrogens with zero attached hydrogens (tertiary/aromatic N) is 2. The number of nitrogens with one attached hydrogen (secondary N) is 1. The number of carbonyl (C=O) groups excluding carboxylic acids is 2. The standard InChI is InChI=1S/C23H26FN3O2/c24-20-10-8-17(9-11-20)18-5-3-7-21(15-18)25-22(28)19-6-4-14-27(16-19)23(29)26-12-1-2-13-26/h3,5,7-11,15,19H,1-2,4,6,12-14,16H2,(H,25,28)/t19-/m1/s1. The second-order valence-electron chi connectivity index (χ2n) is 7.84. The topological polar surface area (TPSA) is 52.7 Å².